The van der Waals surface area contributed by atoms with E-state index in [9.17, 15) is 0 Å². The highest BCUT2D eigenvalue weighted by Gasteiger charge is 2.27. The maximum atomic E-state index is 5.01. The normalized spacial score (nSPS) is 12.3. The van der Waals surface area contributed by atoms with E-state index in [1.165, 1.54) is 39.2 Å². The molecule has 152 valence electrons. The number of thioether (sulfide) groups is 1. The maximum Gasteiger partial charge on any atom is 0.0494 e. The quantitative estimate of drug-likeness (QED) is 0.316. The van der Waals surface area contributed by atoms with E-state index in [0.717, 1.165) is 16.5 Å². The molecular formula is C28H23NS2. The first-order valence-corrected chi connectivity index (χ1v) is 11.8. The van der Waals surface area contributed by atoms with Crippen LogP contribution in [0.1, 0.15) is 22.3 Å². The van der Waals surface area contributed by atoms with Gasteiger partial charge in [0.1, 0.15) is 0 Å². The van der Waals surface area contributed by atoms with Crippen LogP contribution in [0.2, 0.25) is 0 Å². The van der Waals surface area contributed by atoms with Crippen LogP contribution in [-0.2, 0) is 12.3 Å². The predicted molar refractivity (Wildman–Crippen MR) is 138 cm³/mol. The molecule has 0 fully saturated rings. The molecule has 4 aromatic carbocycles. The Morgan fingerprint density at radius 1 is 0.613 bits per heavy atom. The van der Waals surface area contributed by atoms with Crippen LogP contribution >= 0.6 is 24.4 Å². The lowest BCUT2D eigenvalue weighted by atomic mass is 9.91. The molecule has 1 aliphatic rings. The Labute approximate surface area is 193 Å². The molecule has 0 N–H and O–H groups in total. The summed E-state index contributed by atoms with van der Waals surface area (Å²) in [5, 5.41) is 0. The van der Waals surface area contributed by atoms with Crippen molar-refractivity contribution >= 4 is 41.3 Å². The van der Waals surface area contributed by atoms with Crippen molar-refractivity contribution < 1.29 is 0 Å². The number of hydrogen-bond acceptors (Lipinski definition) is 3. The van der Waals surface area contributed by atoms with Gasteiger partial charge in [-0.2, -0.15) is 0 Å². The van der Waals surface area contributed by atoms with Crippen molar-refractivity contribution in [2.45, 2.75) is 12.3 Å². The van der Waals surface area contributed by atoms with Gasteiger partial charge in [0.05, 0.1) is 0 Å². The van der Waals surface area contributed by atoms with E-state index in [0.29, 0.717) is 0 Å². The van der Waals surface area contributed by atoms with Gasteiger partial charge in [0.25, 0.3) is 0 Å². The molecule has 3 heteroatoms. The number of para-hydroxylation sites is 2. The standard InChI is InChI=1S/C28H23NS2/c30-28(31-20-22-13-5-2-6-14-22)27-23-15-7-9-17-25(23)29(19-21-11-3-1-4-12-21)26-18-10-8-16-24(26)27/h1-18,30H,19-20H2. The fraction of sp³-hybridized carbons (Fsp3) is 0.0714. The molecule has 0 saturated carbocycles. The van der Waals surface area contributed by atoms with Crippen LogP contribution in [0.3, 0.4) is 0 Å². The summed E-state index contributed by atoms with van der Waals surface area (Å²) in [5.74, 6) is 0.904. The number of thiol groups is 1. The largest absolute Gasteiger partial charge is 0.336 e. The van der Waals surface area contributed by atoms with Crippen molar-refractivity contribution in [1.82, 2.24) is 0 Å². The van der Waals surface area contributed by atoms with E-state index < -0.39 is 0 Å². The van der Waals surface area contributed by atoms with E-state index in [1.54, 1.807) is 11.8 Å². The zero-order chi connectivity index (χ0) is 21.0. The minimum absolute atomic E-state index is 0.835. The van der Waals surface area contributed by atoms with E-state index in [4.69, 9.17) is 12.6 Å². The monoisotopic (exact) mass is 437 g/mol. The topological polar surface area (TPSA) is 3.24 Å². The van der Waals surface area contributed by atoms with Crippen LogP contribution in [0.5, 0.6) is 0 Å². The van der Waals surface area contributed by atoms with Gasteiger partial charge in [0.2, 0.25) is 0 Å². The summed E-state index contributed by atoms with van der Waals surface area (Å²) in [7, 11) is 0. The van der Waals surface area contributed by atoms with E-state index in [-0.39, 0.29) is 0 Å². The molecule has 31 heavy (non-hydrogen) atoms. The molecule has 0 amide bonds. The van der Waals surface area contributed by atoms with Crippen molar-refractivity contribution in [1.29, 1.82) is 0 Å². The third kappa shape index (κ3) is 4.16. The van der Waals surface area contributed by atoms with Crippen LogP contribution in [0.15, 0.2) is 113 Å². The molecule has 1 nitrogen and oxygen atoms in total. The lowest BCUT2D eigenvalue weighted by Gasteiger charge is -2.35. The van der Waals surface area contributed by atoms with Crippen molar-refractivity contribution in [3.8, 4) is 0 Å². The molecule has 0 saturated heterocycles. The third-order valence-corrected chi connectivity index (χ3v) is 7.11. The molecule has 0 aromatic heterocycles. The molecular weight excluding hydrogens is 414 g/mol. The Morgan fingerprint density at radius 3 is 1.68 bits per heavy atom. The molecule has 0 atom stereocenters. The molecule has 5 rings (SSSR count). The van der Waals surface area contributed by atoms with E-state index in [2.05, 4.69) is 114 Å². The number of rotatable bonds is 5. The second kappa shape index (κ2) is 9.09. The molecule has 0 spiro atoms. The van der Waals surface area contributed by atoms with E-state index >= 15 is 0 Å². The smallest absolute Gasteiger partial charge is 0.0494 e. The zero-order valence-electron chi connectivity index (χ0n) is 17.1. The first kappa shape index (κ1) is 20.0. The highest BCUT2D eigenvalue weighted by molar-refractivity contribution is 8.15. The first-order chi connectivity index (χ1) is 15.3. The van der Waals surface area contributed by atoms with Gasteiger partial charge in [0.15, 0.2) is 0 Å². The molecule has 0 unspecified atom stereocenters. The molecule has 1 aliphatic heterocycles. The number of hydrogen-bond donors (Lipinski definition) is 1. The summed E-state index contributed by atoms with van der Waals surface area (Å²) in [6.07, 6.45) is 0. The van der Waals surface area contributed by atoms with Crippen LogP contribution in [-0.4, -0.2) is 0 Å². The molecule has 4 aromatic rings. The second-order valence-corrected chi connectivity index (χ2v) is 9.30. The Kier molecular flexibility index (Phi) is 5.88. The molecule has 0 bridgehead atoms. The van der Waals surface area contributed by atoms with Gasteiger partial charge in [-0.25, -0.2) is 0 Å². The van der Waals surface area contributed by atoms with Gasteiger partial charge in [-0.05, 0) is 23.3 Å². The van der Waals surface area contributed by atoms with Crippen LogP contribution in [0.4, 0.5) is 11.4 Å². The van der Waals surface area contributed by atoms with Gasteiger partial charge < -0.3 is 4.90 Å². The highest BCUT2D eigenvalue weighted by Crippen LogP contribution is 2.49. The van der Waals surface area contributed by atoms with Gasteiger partial charge in [-0.1, -0.05) is 97.1 Å². The molecule has 0 radical (unpaired) electrons. The summed E-state index contributed by atoms with van der Waals surface area (Å²) in [4.78, 5) is 2.42. The van der Waals surface area contributed by atoms with Crippen LogP contribution in [0, 0.1) is 0 Å². The van der Waals surface area contributed by atoms with Crippen LogP contribution < -0.4 is 4.90 Å². The Morgan fingerprint density at radius 2 is 1.10 bits per heavy atom. The second-order valence-electron chi connectivity index (χ2n) is 7.56. The summed E-state index contributed by atoms with van der Waals surface area (Å²) in [6.45, 7) is 0.835. The van der Waals surface area contributed by atoms with Gasteiger partial charge in [0, 0.05) is 44.6 Å². The number of anilines is 2. The number of benzene rings is 4. The lowest BCUT2D eigenvalue weighted by Crippen LogP contribution is -2.22. The zero-order valence-corrected chi connectivity index (χ0v) is 18.8. The first-order valence-electron chi connectivity index (χ1n) is 10.4. The van der Waals surface area contributed by atoms with Gasteiger partial charge in [-0.3, -0.25) is 0 Å². The summed E-state index contributed by atoms with van der Waals surface area (Å²) >= 11 is 6.80. The molecule has 0 aliphatic carbocycles. The average Bonchev–Trinajstić information content (AvgIpc) is 2.84. The van der Waals surface area contributed by atoms with Crippen LogP contribution in [0.25, 0.3) is 5.57 Å². The van der Waals surface area contributed by atoms with Crippen molar-refractivity contribution in [2.24, 2.45) is 0 Å². The fourth-order valence-electron chi connectivity index (χ4n) is 4.08. The Bertz CT molecular complexity index is 1170. The predicted octanol–water partition coefficient (Wildman–Crippen LogP) is 7.92. The average molecular weight is 438 g/mol. The number of nitrogens with zero attached hydrogens (tertiary/aromatic N) is 1. The number of fused-ring (bicyclic) bond motifs is 2. The third-order valence-electron chi connectivity index (χ3n) is 5.54. The van der Waals surface area contributed by atoms with Crippen molar-refractivity contribution in [2.75, 3.05) is 4.90 Å². The van der Waals surface area contributed by atoms with Crippen molar-refractivity contribution in [3.05, 3.63) is 136 Å². The van der Waals surface area contributed by atoms with Gasteiger partial charge in [-0.15, -0.1) is 24.4 Å². The minimum atomic E-state index is 0.835. The van der Waals surface area contributed by atoms with Crippen molar-refractivity contribution in [3.63, 3.8) is 0 Å². The van der Waals surface area contributed by atoms with Gasteiger partial charge >= 0.3 is 0 Å². The lowest BCUT2D eigenvalue weighted by molar-refractivity contribution is 0.963. The van der Waals surface area contributed by atoms with E-state index in [1.807, 2.05) is 0 Å². The Hall–Kier alpha value is -2.88. The summed E-state index contributed by atoms with van der Waals surface area (Å²) in [5.41, 5.74) is 8.76. The Balaban J connectivity index is 1.58. The minimum Gasteiger partial charge on any atom is -0.336 e. The summed E-state index contributed by atoms with van der Waals surface area (Å²) in [6, 6.07) is 38.6. The SMILES string of the molecule is SC(SCc1ccccc1)=C1c2ccccc2N(Cc2ccccc2)c2ccccc21. The summed E-state index contributed by atoms with van der Waals surface area (Å²) < 4.78 is 1.06. The fourth-order valence-corrected chi connectivity index (χ4v) is 5.38. The molecule has 1 heterocycles. The maximum absolute atomic E-state index is 5.01. The highest BCUT2D eigenvalue weighted by atomic mass is 32.2.